The third-order valence-electron chi connectivity index (χ3n) is 3.52. The monoisotopic (exact) mass is 266 g/mol. The van der Waals surface area contributed by atoms with E-state index < -0.39 is 0 Å². The minimum absolute atomic E-state index is 0.256. The number of nitrogens with zero attached hydrogens (tertiary/aromatic N) is 2. The lowest BCUT2D eigenvalue weighted by Gasteiger charge is -2.21. The van der Waals surface area contributed by atoms with E-state index in [2.05, 4.69) is 11.6 Å². The van der Waals surface area contributed by atoms with Crippen LogP contribution in [0.25, 0.3) is 0 Å². The van der Waals surface area contributed by atoms with Crippen LogP contribution < -0.4 is 4.90 Å². The molecule has 1 heterocycles. The molecule has 2 aromatic carbocycles. The van der Waals surface area contributed by atoms with Gasteiger partial charge < -0.3 is 4.90 Å². The van der Waals surface area contributed by atoms with Gasteiger partial charge in [0.15, 0.2) is 0 Å². The quantitative estimate of drug-likeness (QED) is 0.769. The van der Waals surface area contributed by atoms with Crippen molar-refractivity contribution in [3.8, 4) is 0 Å². The molecule has 0 aromatic heterocycles. The van der Waals surface area contributed by atoms with Gasteiger partial charge in [0.1, 0.15) is 5.82 Å². The summed E-state index contributed by atoms with van der Waals surface area (Å²) in [5, 5.41) is 0. The van der Waals surface area contributed by atoms with Gasteiger partial charge in [-0.1, -0.05) is 36.9 Å². The van der Waals surface area contributed by atoms with Crippen molar-refractivity contribution in [2.24, 2.45) is 4.99 Å². The Bertz CT molecular complexity index is 689. The Balaban J connectivity index is 2.23. The average Bonchev–Trinajstić information content (AvgIpc) is 2.58. The topological polar surface area (TPSA) is 15.6 Å². The van der Waals surface area contributed by atoms with Gasteiger partial charge in [0.05, 0.1) is 17.9 Å². The molecule has 0 radical (unpaired) electrons. The minimum Gasteiger partial charge on any atom is -0.346 e. The molecule has 0 amide bonds. The summed E-state index contributed by atoms with van der Waals surface area (Å²) in [6.07, 6.45) is 0. The standard InChI is InChI=1S/C17H15FN2/c1-12-11-19-17(13-6-4-3-5-7-13)15-10-14(18)8-9-16(15)20(12)2/h3-10H,1,11H2,2H3. The molecule has 2 aromatic rings. The molecule has 1 aliphatic heterocycles. The summed E-state index contributed by atoms with van der Waals surface area (Å²) in [6, 6.07) is 14.6. The molecule has 0 bridgehead atoms. The molecule has 2 nitrogen and oxygen atoms in total. The molecule has 0 fully saturated rings. The lowest BCUT2D eigenvalue weighted by Crippen LogP contribution is -2.17. The molecular formula is C17H15FN2. The van der Waals surface area contributed by atoms with Crippen LogP contribution in [0.3, 0.4) is 0 Å². The van der Waals surface area contributed by atoms with Crippen LogP contribution in [0, 0.1) is 5.82 Å². The fourth-order valence-electron chi connectivity index (χ4n) is 2.37. The van der Waals surface area contributed by atoms with Crippen LogP contribution in [-0.4, -0.2) is 19.3 Å². The maximum Gasteiger partial charge on any atom is 0.124 e. The molecule has 0 N–H and O–H groups in total. The van der Waals surface area contributed by atoms with E-state index in [-0.39, 0.29) is 5.82 Å². The van der Waals surface area contributed by atoms with Crippen LogP contribution in [0.5, 0.6) is 0 Å². The molecule has 100 valence electrons. The number of halogens is 1. The summed E-state index contributed by atoms with van der Waals surface area (Å²) in [5.41, 5.74) is 4.42. The maximum atomic E-state index is 13.6. The molecular weight excluding hydrogens is 251 g/mol. The van der Waals surface area contributed by atoms with E-state index in [0.29, 0.717) is 6.54 Å². The number of anilines is 1. The predicted molar refractivity (Wildman–Crippen MR) is 80.9 cm³/mol. The number of rotatable bonds is 1. The molecule has 0 saturated heterocycles. The minimum atomic E-state index is -0.256. The second kappa shape index (κ2) is 4.93. The summed E-state index contributed by atoms with van der Waals surface area (Å²) in [7, 11) is 1.93. The number of aliphatic imine (C=N–C) groups is 1. The zero-order chi connectivity index (χ0) is 14.1. The summed E-state index contributed by atoms with van der Waals surface area (Å²) in [4.78, 5) is 6.58. The fourth-order valence-corrected chi connectivity index (χ4v) is 2.37. The molecule has 0 spiro atoms. The molecule has 3 rings (SSSR count). The highest BCUT2D eigenvalue weighted by Crippen LogP contribution is 2.29. The first-order valence-electron chi connectivity index (χ1n) is 6.48. The maximum absolute atomic E-state index is 13.6. The Kier molecular flexibility index (Phi) is 3.11. The van der Waals surface area contributed by atoms with Crippen LogP contribution in [-0.2, 0) is 0 Å². The Hall–Kier alpha value is -2.42. The van der Waals surface area contributed by atoms with Crippen molar-refractivity contribution in [1.82, 2.24) is 0 Å². The summed E-state index contributed by atoms with van der Waals surface area (Å²) in [6.45, 7) is 4.54. The fraction of sp³-hybridized carbons (Fsp3) is 0.118. The zero-order valence-electron chi connectivity index (χ0n) is 11.3. The number of benzene rings is 2. The Labute approximate surface area is 117 Å². The first-order chi connectivity index (χ1) is 9.66. The number of fused-ring (bicyclic) bond motifs is 1. The predicted octanol–water partition coefficient (Wildman–Crippen LogP) is 3.63. The highest BCUT2D eigenvalue weighted by Gasteiger charge is 2.19. The van der Waals surface area contributed by atoms with Gasteiger partial charge in [-0.05, 0) is 18.2 Å². The number of likely N-dealkylation sites (N-methyl/N-ethyl adjacent to an activating group) is 1. The Morgan fingerprint density at radius 3 is 2.65 bits per heavy atom. The lowest BCUT2D eigenvalue weighted by molar-refractivity contribution is 0.627. The van der Waals surface area contributed by atoms with Gasteiger partial charge in [0.2, 0.25) is 0 Å². The highest BCUT2D eigenvalue weighted by atomic mass is 19.1. The van der Waals surface area contributed by atoms with Crippen molar-refractivity contribution in [3.63, 3.8) is 0 Å². The number of hydrogen-bond donors (Lipinski definition) is 0. The number of hydrogen-bond acceptors (Lipinski definition) is 2. The van der Waals surface area contributed by atoms with Gasteiger partial charge in [-0.25, -0.2) is 4.39 Å². The van der Waals surface area contributed by atoms with Gasteiger partial charge in [-0.3, -0.25) is 4.99 Å². The van der Waals surface area contributed by atoms with Crippen molar-refractivity contribution >= 4 is 11.4 Å². The van der Waals surface area contributed by atoms with E-state index in [1.54, 1.807) is 6.07 Å². The third-order valence-corrected chi connectivity index (χ3v) is 3.52. The van der Waals surface area contributed by atoms with Crippen LogP contribution in [0.15, 0.2) is 65.8 Å². The third kappa shape index (κ3) is 2.11. The van der Waals surface area contributed by atoms with Crippen molar-refractivity contribution in [3.05, 3.63) is 77.8 Å². The molecule has 0 atom stereocenters. The van der Waals surface area contributed by atoms with Crippen LogP contribution >= 0.6 is 0 Å². The average molecular weight is 266 g/mol. The SMILES string of the molecule is C=C1CN=C(c2ccccc2)c2cc(F)ccc2N1C. The second-order valence-electron chi connectivity index (χ2n) is 4.82. The largest absolute Gasteiger partial charge is 0.346 e. The van der Waals surface area contributed by atoms with E-state index in [0.717, 1.165) is 28.2 Å². The van der Waals surface area contributed by atoms with Crippen molar-refractivity contribution in [1.29, 1.82) is 0 Å². The van der Waals surface area contributed by atoms with Crippen molar-refractivity contribution < 1.29 is 4.39 Å². The van der Waals surface area contributed by atoms with Crippen LogP contribution in [0.2, 0.25) is 0 Å². The highest BCUT2D eigenvalue weighted by molar-refractivity contribution is 6.16. The van der Waals surface area contributed by atoms with Gasteiger partial charge in [0, 0.05) is 23.9 Å². The molecule has 1 aliphatic rings. The zero-order valence-corrected chi connectivity index (χ0v) is 11.3. The Morgan fingerprint density at radius 1 is 1.15 bits per heavy atom. The van der Waals surface area contributed by atoms with E-state index in [1.807, 2.05) is 42.3 Å². The second-order valence-corrected chi connectivity index (χ2v) is 4.82. The lowest BCUT2D eigenvalue weighted by atomic mass is 10.00. The van der Waals surface area contributed by atoms with E-state index in [9.17, 15) is 4.39 Å². The molecule has 0 aliphatic carbocycles. The first kappa shape index (κ1) is 12.6. The van der Waals surface area contributed by atoms with Crippen molar-refractivity contribution in [2.45, 2.75) is 0 Å². The number of benzodiazepines with no additional fused rings is 1. The van der Waals surface area contributed by atoms with Gasteiger partial charge in [-0.15, -0.1) is 0 Å². The Morgan fingerprint density at radius 2 is 1.90 bits per heavy atom. The first-order valence-corrected chi connectivity index (χ1v) is 6.48. The van der Waals surface area contributed by atoms with Gasteiger partial charge in [0.25, 0.3) is 0 Å². The normalized spacial score (nSPS) is 14.6. The van der Waals surface area contributed by atoms with E-state index >= 15 is 0 Å². The van der Waals surface area contributed by atoms with E-state index in [1.165, 1.54) is 12.1 Å². The molecule has 3 heteroatoms. The summed E-state index contributed by atoms with van der Waals surface area (Å²) < 4.78 is 13.6. The van der Waals surface area contributed by atoms with Crippen molar-refractivity contribution in [2.75, 3.05) is 18.5 Å². The van der Waals surface area contributed by atoms with E-state index in [4.69, 9.17) is 0 Å². The van der Waals surface area contributed by atoms with Crippen LogP contribution in [0.4, 0.5) is 10.1 Å². The molecule has 0 saturated carbocycles. The molecule has 0 unspecified atom stereocenters. The van der Waals surface area contributed by atoms with Crippen LogP contribution in [0.1, 0.15) is 11.1 Å². The summed E-state index contributed by atoms with van der Waals surface area (Å²) in [5.74, 6) is -0.256. The molecule has 20 heavy (non-hydrogen) atoms. The smallest absolute Gasteiger partial charge is 0.124 e. The summed E-state index contributed by atoms with van der Waals surface area (Å²) >= 11 is 0. The van der Waals surface area contributed by atoms with Gasteiger partial charge >= 0.3 is 0 Å². The van der Waals surface area contributed by atoms with Gasteiger partial charge in [-0.2, -0.15) is 0 Å².